The van der Waals surface area contributed by atoms with E-state index < -0.39 is 15.4 Å². The van der Waals surface area contributed by atoms with Crippen LogP contribution in [0.5, 0.6) is 0 Å². The molecule has 0 aromatic heterocycles. The van der Waals surface area contributed by atoms with E-state index in [0.717, 1.165) is 33.8 Å². The van der Waals surface area contributed by atoms with Gasteiger partial charge in [0.05, 0.1) is 0 Å². The molecule has 5 heteroatoms. The second kappa shape index (κ2) is 11.3. The van der Waals surface area contributed by atoms with Gasteiger partial charge in [0.25, 0.3) is 0 Å². The number of aryl methyl sites for hydroxylation is 1. The molecule has 30 heavy (non-hydrogen) atoms. The second-order valence-corrected chi connectivity index (χ2v) is 12.3. The minimum absolute atomic E-state index is 0.167. The molecule has 0 radical (unpaired) electrons. The van der Waals surface area contributed by atoms with E-state index in [1.807, 2.05) is 56.3 Å². The molecule has 0 aliphatic rings. The second-order valence-electron chi connectivity index (χ2n) is 7.96. The zero-order chi connectivity index (χ0) is 22.2. The monoisotopic (exact) mass is 494 g/mol. The van der Waals surface area contributed by atoms with Gasteiger partial charge in [-0.25, -0.2) is 0 Å². The summed E-state index contributed by atoms with van der Waals surface area (Å²) in [5, 5.41) is 11.4. The summed E-state index contributed by atoms with van der Waals surface area (Å²) >= 11 is -0.167. The number of sulfone groups is 1. The Bertz CT molecular complexity index is 930. The molecule has 0 aliphatic heterocycles. The van der Waals surface area contributed by atoms with E-state index >= 15 is 0 Å². The fourth-order valence-corrected chi connectivity index (χ4v) is 8.66. The minimum atomic E-state index is -3.81. The third-order valence-electron chi connectivity index (χ3n) is 5.07. The summed E-state index contributed by atoms with van der Waals surface area (Å²) in [5.41, 5.74) is -0.382. The predicted molar refractivity (Wildman–Crippen MR) is 127 cm³/mol. The van der Waals surface area contributed by atoms with Crippen molar-refractivity contribution in [3.05, 3.63) is 69.5 Å². The van der Waals surface area contributed by atoms with Crippen LogP contribution >= 0.6 is 0 Å². The third kappa shape index (κ3) is 6.55. The number of hydrogen-bond donors (Lipinski definition) is 1. The van der Waals surface area contributed by atoms with Gasteiger partial charge in [0.2, 0.25) is 0 Å². The van der Waals surface area contributed by atoms with Gasteiger partial charge < -0.3 is 0 Å². The molecule has 0 bridgehead atoms. The number of unbranched alkanes of at least 4 members (excludes halogenated alkanes) is 2. The van der Waals surface area contributed by atoms with E-state index in [-0.39, 0.29) is 24.8 Å². The van der Waals surface area contributed by atoms with Gasteiger partial charge >= 0.3 is 189 Å². The van der Waals surface area contributed by atoms with Crippen molar-refractivity contribution in [3.63, 3.8) is 0 Å². The maximum atomic E-state index is 13.8. The molecule has 0 saturated heterocycles. The first kappa shape index (κ1) is 24.9. The molecular formula is C25H34O3SSe. The molecule has 2 aromatic carbocycles. The molecule has 1 unspecified atom stereocenters. The van der Waals surface area contributed by atoms with Crippen LogP contribution in [0, 0.1) is 6.92 Å². The van der Waals surface area contributed by atoms with Crippen LogP contribution in [0.1, 0.15) is 64.9 Å². The molecule has 0 saturated carbocycles. The van der Waals surface area contributed by atoms with Gasteiger partial charge in [0, 0.05) is 0 Å². The number of rotatable bonds is 11. The van der Waals surface area contributed by atoms with E-state index in [2.05, 4.69) is 6.92 Å². The number of allylic oxidation sites excluding steroid dienone is 1. The number of aliphatic hydroxyl groups is 1. The van der Waals surface area contributed by atoms with Crippen LogP contribution in [0.25, 0.3) is 0 Å². The molecule has 0 amide bonds. The van der Waals surface area contributed by atoms with E-state index in [4.69, 9.17) is 0 Å². The van der Waals surface area contributed by atoms with Crippen LogP contribution in [0.4, 0.5) is 0 Å². The van der Waals surface area contributed by atoms with Gasteiger partial charge in [-0.05, 0) is 0 Å². The zero-order valence-corrected chi connectivity index (χ0v) is 21.0. The molecule has 0 aliphatic carbocycles. The van der Waals surface area contributed by atoms with Crippen molar-refractivity contribution >= 4 is 29.3 Å². The van der Waals surface area contributed by atoms with Crippen LogP contribution in [0.15, 0.2) is 68.9 Å². The Kier molecular flexibility index (Phi) is 9.36. The molecule has 1 atom stereocenters. The fraction of sp³-hybridized carbons (Fsp3) is 0.440. The maximum absolute atomic E-state index is 13.8. The molecular weight excluding hydrogens is 459 g/mol. The van der Waals surface area contributed by atoms with Crippen molar-refractivity contribution in [3.8, 4) is 0 Å². The van der Waals surface area contributed by atoms with Crippen molar-refractivity contribution in [2.24, 2.45) is 0 Å². The Morgan fingerprint density at radius 2 is 1.60 bits per heavy atom. The van der Waals surface area contributed by atoms with Gasteiger partial charge in [0.1, 0.15) is 0 Å². The standard InChI is InChI=1S/C25H34O3SSe/c1-5-7-9-14-23(30-22-12-10-8-11-13-22)24(25(4,26)19-6-2)29(27,28)21-17-15-20(3)16-18-21/h8,10-13,15-18,26H,5-7,9,14,19H2,1-4H3/b24-23-. The van der Waals surface area contributed by atoms with Gasteiger partial charge in [-0.1, -0.05) is 0 Å². The van der Waals surface area contributed by atoms with Crippen LogP contribution in [0.3, 0.4) is 0 Å². The Hall–Kier alpha value is -1.39. The molecule has 2 aromatic rings. The van der Waals surface area contributed by atoms with Gasteiger partial charge in [0.15, 0.2) is 0 Å². The van der Waals surface area contributed by atoms with E-state index in [1.165, 1.54) is 0 Å². The normalized spacial score (nSPS) is 14.8. The molecule has 2 rings (SSSR count). The topological polar surface area (TPSA) is 54.4 Å². The Morgan fingerprint density at radius 1 is 0.967 bits per heavy atom. The van der Waals surface area contributed by atoms with Gasteiger partial charge in [-0.15, -0.1) is 0 Å². The Morgan fingerprint density at radius 3 is 2.17 bits per heavy atom. The summed E-state index contributed by atoms with van der Waals surface area (Å²) in [6, 6.07) is 17.0. The summed E-state index contributed by atoms with van der Waals surface area (Å²) in [7, 11) is -3.81. The molecule has 0 spiro atoms. The van der Waals surface area contributed by atoms with Gasteiger partial charge in [-0.2, -0.15) is 0 Å². The van der Waals surface area contributed by atoms with Crippen molar-refractivity contribution in [1.82, 2.24) is 0 Å². The van der Waals surface area contributed by atoms with Crippen LogP contribution in [-0.4, -0.2) is 34.1 Å². The average molecular weight is 494 g/mol. The van der Waals surface area contributed by atoms with Crippen molar-refractivity contribution < 1.29 is 13.5 Å². The zero-order valence-electron chi connectivity index (χ0n) is 18.5. The van der Waals surface area contributed by atoms with Crippen LogP contribution in [-0.2, 0) is 9.84 Å². The van der Waals surface area contributed by atoms with Gasteiger partial charge in [-0.3, -0.25) is 0 Å². The number of hydrogen-bond acceptors (Lipinski definition) is 3. The first-order valence-electron chi connectivity index (χ1n) is 10.7. The predicted octanol–water partition coefficient (Wildman–Crippen LogP) is 5.14. The summed E-state index contributed by atoms with van der Waals surface area (Å²) in [4.78, 5) is 0.483. The Labute approximate surface area is 188 Å². The fourth-order valence-electron chi connectivity index (χ4n) is 3.55. The van der Waals surface area contributed by atoms with Crippen LogP contribution < -0.4 is 4.46 Å². The van der Waals surface area contributed by atoms with E-state index in [0.29, 0.717) is 19.3 Å². The molecule has 164 valence electrons. The first-order valence-corrected chi connectivity index (χ1v) is 13.9. The summed E-state index contributed by atoms with van der Waals surface area (Å²) in [6.45, 7) is 7.72. The van der Waals surface area contributed by atoms with E-state index in [9.17, 15) is 13.5 Å². The average Bonchev–Trinajstić information content (AvgIpc) is 2.69. The van der Waals surface area contributed by atoms with Crippen molar-refractivity contribution in [2.75, 3.05) is 0 Å². The Balaban J connectivity index is 2.68. The summed E-state index contributed by atoms with van der Waals surface area (Å²) < 4.78 is 29.7. The molecule has 0 fully saturated rings. The van der Waals surface area contributed by atoms with Crippen molar-refractivity contribution in [2.45, 2.75) is 76.7 Å². The van der Waals surface area contributed by atoms with E-state index in [1.54, 1.807) is 19.1 Å². The van der Waals surface area contributed by atoms with Crippen LogP contribution in [0.2, 0.25) is 0 Å². The number of benzene rings is 2. The summed E-state index contributed by atoms with van der Waals surface area (Å²) in [5.74, 6) is 0. The molecule has 1 N–H and O–H groups in total. The molecule has 3 nitrogen and oxygen atoms in total. The quantitative estimate of drug-likeness (QED) is 0.348. The SMILES string of the molecule is CCCCC/C([Se]c1ccccc1)=C(\C(C)(O)CCC)S(=O)(=O)c1ccc(C)cc1. The summed E-state index contributed by atoms with van der Waals surface area (Å²) in [6.07, 6.45) is 4.85. The first-order chi connectivity index (χ1) is 14.2. The molecule has 0 heterocycles. The third-order valence-corrected chi connectivity index (χ3v) is 9.92. The van der Waals surface area contributed by atoms with Crippen molar-refractivity contribution in [1.29, 1.82) is 0 Å².